The van der Waals surface area contributed by atoms with Crippen LogP contribution in [0.1, 0.15) is 16.8 Å². The number of carbonyl (C=O) groups excluding carboxylic acids is 1. The first-order valence-corrected chi connectivity index (χ1v) is 5.95. The van der Waals surface area contributed by atoms with Crippen LogP contribution in [-0.4, -0.2) is 38.1 Å². The Balaban J connectivity index is 2.60. The highest BCUT2D eigenvalue weighted by Crippen LogP contribution is 2.17. The third-order valence-electron chi connectivity index (χ3n) is 2.29. The summed E-state index contributed by atoms with van der Waals surface area (Å²) in [6.45, 7) is 1.38. The number of nitrogens with zero attached hydrogens (tertiary/aromatic N) is 1. The molecule has 0 atom stereocenters. The van der Waals surface area contributed by atoms with Gasteiger partial charge in [0.15, 0.2) is 0 Å². The van der Waals surface area contributed by atoms with E-state index in [2.05, 4.69) is 15.9 Å². The fourth-order valence-electron chi connectivity index (χ4n) is 1.39. The maximum absolute atomic E-state index is 12.0. The first-order chi connectivity index (χ1) is 7.66. The molecular weight excluding hydrogens is 270 g/mol. The van der Waals surface area contributed by atoms with Gasteiger partial charge in [-0.1, -0.05) is 12.1 Å². The van der Waals surface area contributed by atoms with Crippen LogP contribution in [0.2, 0.25) is 0 Å². The summed E-state index contributed by atoms with van der Waals surface area (Å²) in [6.07, 6.45) is 0.850. The Morgan fingerprint density at radius 2 is 2.12 bits per heavy atom. The topological polar surface area (TPSA) is 29.5 Å². The molecule has 0 saturated carbocycles. The minimum Gasteiger partial charge on any atom is -0.385 e. The van der Waals surface area contributed by atoms with E-state index in [-0.39, 0.29) is 5.91 Å². The van der Waals surface area contributed by atoms with E-state index in [0.717, 1.165) is 10.9 Å². The number of hydrogen-bond donors (Lipinski definition) is 0. The minimum absolute atomic E-state index is 0.0311. The second kappa shape index (κ2) is 6.66. The van der Waals surface area contributed by atoms with Crippen LogP contribution in [-0.2, 0) is 4.74 Å². The first kappa shape index (κ1) is 13.2. The largest absolute Gasteiger partial charge is 0.385 e. The molecule has 16 heavy (non-hydrogen) atoms. The van der Waals surface area contributed by atoms with Gasteiger partial charge in [-0.15, -0.1) is 0 Å². The van der Waals surface area contributed by atoms with E-state index in [1.165, 1.54) is 0 Å². The molecule has 88 valence electrons. The van der Waals surface area contributed by atoms with Crippen molar-refractivity contribution in [2.24, 2.45) is 0 Å². The summed E-state index contributed by atoms with van der Waals surface area (Å²) in [6, 6.07) is 7.45. The number of benzene rings is 1. The quantitative estimate of drug-likeness (QED) is 0.779. The number of carbonyl (C=O) groups is 1. The van der Waals surface area contributed by atoms with E-state index in [4.69, 9.17) is 4.74 Å². The lowest BCUT2D eigenvalue weighted by molar-refractivity contribution is 0.0778. The summed E-state index contributed by atoms with van der Waals surface area (Å²) in [7, 11) is 3.47. The molecule has 0 aliphatic carbocycles. The van der Waals surface area contributed by atoms with E-state index in [9.17, 15) is 4.79 Å². The molecule has 3 nitrogen and oxygen atoms in total. The van der Waals surface area contributed by atoms with Crippen LogP contribution >= 0.6 is 15.9 Å². The number of methoxy groups -OCH3 is 1. The molecule has 0 saturated heterocycles. The highest BCUT2D eigenvalue weighted by atomic mass is 79.9. The summed E-state index contributed by atoms with van der Waals surface area (Å²) < 4.78 is 5.79. The molecule has 1 amide bonds. The monoisotopic (exact) mass is 285 g/mol. The van der Waals surface area contributed by atoms with Crippen LogP contribution in [0.15, 0.2) is 28.7 Å². The molecule has 0 unspecified atom stereocenters. The zero-order valence-electron chi connectivity index (χ0n) is 9.57. The zero-order valence-corrected chi connectivity index (χ0v) is 11.2. The van der Waals surface area contributed by atoms with Crippen molar-refractivity contribution in [3.63, 3.8) is 0 Å². The van der Waals surface area contributed by atoms with E-state index in [1.54, 1.807) is 19.1 Å². The molecule has 4 heteroatoms. The van der Waals surface area contributed by atoms with Crippen LogP contribution in [0, 0.1) is 0 Å². The third-order valence-corrected chi connectivity index (χ3v) is 2.98. The Kier molecular flexibility index (Phi) is 5.49. The second-order valence-corrected chi connectivity index (χ2v) is 4.41. The molecule has 0 spiro atoms. The highest BCUT2D eigenvalue weighted by molar-refractivity contribution is 9.10. The molecule has 0 N–H and O–H groups in total. The molecule has 1 aromatic carbocycles. The number of halogens is 1. The van der Waals surface area contributed by atoms with Crippen molar-refractivity contribution in [2.45, 2.75) is 6.42 Å². The van der Waals surface area contributed by atoms with Gasteiger partial charge < -0.3 is 9.64 Å². The van der Waals surface area contributed by atoms with Gasteiger partial charge in [-0.3, -0.25) is 4.79 Å². The Morgan fingerprint density at radius 3 is 2.75 bits per heavy atom. The van der Waals surface area contributed by atoms with E-state index < -0.39 is 0 Å². The molecule has 1 aromatic rings. The summed E-state index contributed by atoms with van der Waals surface area (Å²) in [5.74, 6) is 0.0311. The zero-order chi connectivity index (χ0) is 12.0. The molecule has 0 aromatic heterocycles. The first-order valence-electron chi connectivity index (χ1n) is 5.15. The second-order valence-electron chi connectivity index (χ2n) is 3.55. The van der Waals surface area contributed by atoms with Gasteiger partial charge in [0.2, 0.25) is 0 Å². The van der Waals surface area contributed by atoms with Gasteiger partial charge >= 0.3 is 0 Å². The van der Waals surface area contributed by atoms with Crippen molar-refractivity contribution >= 4 is 21.8 Å². The van der Waals surface area contributed by atoms with Gasteiger partial charge in [-0.05, 0) is 34.5 Å². The standard InChI is InChI=1S/C12H16BrNO2/c1-14(8-5-9-16-2)12(15)10-6-3-4-7-11(10)13/h3-4,6-7H,5,8-9H2,1-2H3. The van der Waals surface area contributed by atoms with Crippen LogP contribution in [0.25, 0.3) is 0 Å². The van der Waals surface area contributed by atoms with Gasteiger partial charge in [0.05, 0.1) is 5.56 Å². The summed E-state index contributed by atoms with van der Waals surface area (Å²) in [5.41, 5.74) is 0.697. The predicted octanol–water partition coefficient (Wildman–Crippen LogP) is 2.56. The highest BCUT2D eigenvalue weighted by Gasteiger charge is 2.13. The summed E-state index contributed by atoms with van der Waals surface area (Å²) in [5, 5.41) is 0. The Labute approximate surface area is 105 Å². The van der Waals surface area contributed by atoms with Crippen molar-refractivity contribution in [1.82, 2.24) is 4.90 Å². The number of ether oxygens (including phenoxy) is 1. The average Bonchev–Trinajstić information content (AvgIpc) is 2.29. The lowest BCUT2D eigenvalue weighted by atomic mass is 10.2. The molecule has 0 radical (unpaired) electrons. The smallest absolute Gasteiger partial charge is 0.254 e. The maximum Gasteiger partial charge on any atom is 0.254 e. The fraction of sp³-hybridized carbons (Fsp3) is 0.417. The SMILES string of the molecule is COCCCN(C)C(=O)c1ccccc1Br. The van der Waals surface area contributed by atoms with Gasteiger partial charge in [0, 0.05) is 31.8 Å². The molecule has 1 rings (SSSR count). The third kappa shape index (κ3) is 3.61. The molecule has 0 aliphatic heterocycles. The van der Waals surface area contributed by atoms with Gasteiger partial charge in [-0.25, -0.2) is 0 Å². The summed E-state index contributed by atoms with van der Waals surface area (Å²) >= 11 is 3.37. The maximum atomic E-state index is 12.0. The molecule has 0 aliphatic rings. The predicted molar refractivity (Wildman–Crippen MR) is 67.6 cm³/mol. The summed E-state index contributed by atoms with van der Waals surface area (Å²) in [4.78, 5) is 13.7. The number of amides is 1. The van der Waals surface area contributed by atoms with E-state index in [1.807, 2.05) is 24.3 Å². The number of rotatable bonds is 5. The Bertz CT molecular complexity index is 355. The Morgan fingerprint density at radius 1 is 1.44 bits per heavy atom. The van der Waals surface area contributed by atoms with Gasteiger partial charge in [0.25, 0.3) is 5.91 Å². The molecule has 0 heterocycles. The van der Waals surface area contributed by atoms with E-state index in [0.29, 0.717) is 18.7 Å². The Hall–Kier alpha value is -0.870. The van der Waals surface area contributed by atoms with Crippen LogP contribution in [0.4, 0.5) is 0 Å². The van der Waals surface area contributed by atoms with Gasteiger partial charge in [0.1, 0.15) is 0 Å². The normalized spacial score (nSPS) is 10.2. The lowest BCUT2D eigenvalue weighted by Gasteiger charge is -2.17. The molecule has 0 fully saturated rings. The van der Waals surface area contributed by atoms with Crippen LogP contribution in [0.5, 0.6) is 0 Å². The van der Waals surface area contributed by atoms with Crippen molar-refractivity contribution < 1.29 is 9.53 Å². The molecular formula is C12H16BrNO2. The average molecular weight is 286 g/mol. The lowest BCUT2D eigenvalue weighted by Crippen LogP contribution is -2.28. The number of hydrogen-bond acceptors (Lipinski definition) is 2. The molecule has 0 bridgehead atoms. The fourth-order valence-corrected chi connectivity index (χ4v) is 1.84. The van der Waals surface area contributed by atoms with E-state index >= 15 is 0 Å². The van der Waals surface area contributed by atoms with Crippen molar-refractivity contribution in [3.05, 3.63) is 34.3 Å². The van der Waals surface area contributed by atoms with Crippen molar-refractivity contribution in [2.75, 3.05) is 27.3 Å². The van der Waals surface area contributed by atoms with Crippen molar-refractivity contribution in [1.29, 1.82) is 0 Å². The van der Waals surface area contributed by atoms with Gasteiger partial charge in [-0.2, -0.15) is 0 Å². The van der Waals surface area contributed by atoms with Crippen molar-refractivity contribution in [3.8, 4) is 0 Å². The minimum atomic E-state index is 0.0311. The van der Waals surface area contributed by atoms with Crippen LogP contribution < -0.4 is 0 Å². The van der Waals surface area contributed by atoms with Crippen LogP contribution in [0.3, 0.4) is 0 Å².